The maximum absolute atomic E-state index is 12.0. The molecule has 0 aliphatic rings. The second kappa shape index (κ2) is 6.07. The fourth-order valence-electron chi connectivity index (χ4n) is 1.65. The summed E-state index contributed by atoms with van der Waals surface area (Å²) >= 11 is 5.75. The molecule has 1 aromatic rings. The molecular formula is C13H18ClNO3. The van der Waals surface area contributed by atoms with Crippen molar-refractivity contribution >= 4 is 17.5 Å². The van der Waals surface area contributed by atoms with Gasteiger partial charge in [0, 0.05) is 5.56 Å². The lowest BCUT2D eigenvalue weighted by Crippen LogP contribution is -2.50. The summed E-state index contributed by atoms with van der Waals surface area (Å²) in [6.07, 6.45) is 1.27. The number of hydrogen-bond acceptors (Lipinski definition) is 3. The minimum atomic E-state index is -0.610. The summed E-state index contributed by atoms with van der Waals surface area (Å²) in [4.78, 5) is 12.0. The number of hydrogen-bond donors (Lipinski definition) is 3. The van der Waals surface area contributed by atoms with Crippen LogP contribution in [0.2, 0.25) is 5.02 Å². The summed E-state index contributed by atoms with van der Waals surface area (Å²) < 4.78 is 0. The van der Waals surface area contributed by atoms with Crippen molar-refractivity contribution in [3.05, 3.63) is 28.8 Å². The Labute approximate surface area is 112 Å². The lowest BCUT2D eigenvalue weighted by Gasteiger charge is -2.30. The first-order chi connectivity index (χ1) is 8.48. The number of nitrogens with one attached hydrogen (secondary N) is 1. The van der Waals surface area contributed by atoms with E-state index < -0.39 is 5.54 Å². The minimum Gasteiger partial charge on any atom is -0.506 e. The maximum Gasteiger partial charge on any atom is 0.251 e. The molecule has 0 fully saturated rings. The average Bonchev–Trinajstić information content (AvgIpc) is 2.39. The Morgan fingerprint density at radius 1 is 1.39 bits per heavy atom. The van der Waals surface area contributed by atoms with Crippen LogP contribution in [0.5, 0.6) is 5.75 Å². The largest absolute Gasteiger partial charge is 0.506 e. The molecule has 0 aliphatic carbocycles. The van der Waals surface area contributed by atoms with E-state index in [2.05, 4.69) is 5.32 Å². The van der Waals surface area contributed by atoms with Crippen LogP contribution < -0.4 is 5.32 Å². The van der Waals surface area contributed by atoms with Crippen LogP contribution in [0.4, 0.5) is 0 Å². The molecule has 3 N–H and O–H groups in total. The molecule has 0 aliphatic heterocycles. The van der Waals surface area contributed by atoms with Crippen LogP contribution in [0, 0.1) is 0 Å². The number of carbonyl (C=O) groups excluding carboxylic acids is 1. The van der Waals surface area contributed by atoms with Crippen LogP contribution in [-0.2, 0) is 0 Å². The Morgan fingerprint density at radius 3 is 2.44 bits per heavy atom. The van der Waals surface area contributed by atoms with Gasteiger partial charge < -0.3 is 15.5 Å². The van der Waals surface area contributed by atoms with E-state index in [-0.39, 0.29) is 23.3 Å². The van der Waals surface area contributed by atoms with Crippen molar-refractivity contribution < 1.29 is 15.0 Å². The van der Waals surface area contributed by atoms with Crippen molar-refractivity contribution in [2.75, 3.05) is 6.61 Å². The molecule has 0 spiro atoms. The van der Waals surface area contributed by atoms with Crippen LogP contribution in [0.15, 0.2) is 18.2 Å². The molecule has 0 radical (unpaired) electrons. The molecule has 0 bridgehead atoms. The summed E-state index contributed by atoms with van der Waals surface area (Å²) in [6, 6.07) is 4.26. The molecule has 18 heavy (non-hydrogen) atoms. The third-order valence-corrected chi connectivity index (χ3v) is 3.55. The zero-order chi connectivity index (χ0) is 13.8. The number of phenolic OH excluding ortho intramolecular Hbond substituents is 1. The number of carbonyl (C=O) groups is 1. The van der Waals surface area contributed by atoms with Crippen LogP contribution in [0.25, 0.3) is 0 Å². The minimum absolute atomic E-state index is 0.0624. The van der Waals surface area contributed by atoms with Crippen molar-refractivity contribution in [1.82, 2.24) is 5.32 Å². The van der Waals surface area contributed by atoms with E-state index in [4.69, 9.17) is 11.6 Å². The van der Waals surface area contributed by atoms with Gasteiger partial charge in [0.1, 0.15) is 5.75 Å². The van der Waals surface area contributed by atoms with Crippen molar-refractivity contribution in [2.24, 2.45) is 0 Å². The van der Waals surface area contributed by atoms with Crippen molar-refractivity contribution in [3.63, 3.8) is 0 Å². The van der Waals surface area contributed by atoms with Crippen LogP contribution in [-0.4, -0.2) is 28.3 Å². The van der Waals surface area contributed by atoms with Crippen LogP contribution in [0.3, 0.4) is 0 Å². The molecule has 1 rings (SSSR count). The van der Waals surface area contributed by atoms with Gasteiger partial charge in [-0.2, -0.15) is 0 Å². The van der Waals surface area contributed by atoms with Crippen molar-refractivity contribution in [3.8, 4) is 5.75 Å². The highest BCUT2D eigenvalue weighted by Crippen LogP contribution is 2.24. The van der Waals surface area contributed by atoms with E-state index in [9.17, 15) is 15.0 Å². The van der Waals surface area contributed by atoms with Gasteiger partial charge in [-0.3, -0.25) is 4.79 Å². The van der Waals surface area contributed by atoms with Crippen LogP contribution in [0.1, 0.15) is 37.0 Å². The molecule has 4 nitrogen and oxygen atoms in total. The van der Waals surface area contributed by atoms with Gasteiger partial charge >= 0.3 is 0 Å². The summed E-state index contributed by atoms with van der Waals surface area (Å²) in [6.45, 7) is 3.70. The van der Waals surface area contributed by atoms with Gasteiger partial charge in [-0.05, 0) is 31.0 Å². The number of phenols is 1. The van der Waals surface area contributed by atoms with E-state index in [1.807, 2.05) is 13.8 Å². The molecule has 1 aromatic carbocycles. The van der Waals surface area contributed by atoms with E-state index in [1.54, 1.807) is 0 Å². The third-order valence-electron chi connectivity index (χ3n) is 3.24. The van der Waals surface area contributed by atoms with Gasteiger partial charge in [0.05, 0.1) is 17.2 Å². The Balaban J connectivity index is 2.90. The Kier molecular flexibility index (Phi) is 4.99. The molecule has 0 heterocycles. The third kappa shape index (κ3) is 3.15. The Hall–Kier alpha value is -1.26. The topological polar surface area (TPSA) is 69.6 Å². The number of rotatable bonds is 5. The summed E-state index contributed by atoms with van der Waals surface area (Å²) in [5, 5.41) is 21.6. The Bertz CT molecular complexity index is 422. The van der Waals surface area contributed by atoms with Gasteiger partial charge in [0.2, 0.25) is 0 Å². The second-order valence-electron chi connectivity index (χ2n) is 4.27. The predicted octanol–water partition coefficient (Wildman–Crippen LogP) is 2.33. The highest BCUT2D eigenvalue weighted by Gasteiger charge is 2.27. The molecule has 1 amide bonds. The zero-order valence-electron chi connectivity index (χ0n) is 10.5. The van der Waals surface area contributed by atoms with Crippen LogP contribution >= 0.6 is 11.6 Å². The number of aliphatic hydroxyl groups excluding tert-OH is 1. The molecule has 0 saturated heterocycles. The quantitative estimate of drug-likeness (QED) is 0.770. The average molecular weight is 272 g/mol. The van der Waals surface area contributed by atoms with Crippen molar-refractivity contribution in [1.29, 1.82) is 0 Å². The highest BCUT2D eigenvalue weighted by molar-refractivity contribution is 6.32. The predicted molar refractivity (Wildman–Crippen MR) is 71.0 cm³/mol. The van der Waals surface area contributed by atoms with Gasteiger partial charge in [-0.25, -0.2) is 0 Å². The molecule has 100 valence electrons. The summed E-state index contributed by atoms with van der Waals surface area (Å²) in [5.41, 5.74) is -0.251. The Morgan fingerprint density at radius 2 is 2.00 bits per heavy atom. The summed E-state index contributed by atoms with van der Waals surface area (Å²) in [7, 11) is 0. The first kappa shape index (κ1) is 14.8. The first-order valence-electron chi connectivity index (χ1n) is 5.90. The highest BCUT2D eigenvalue weighted by atomic mass is 35.5. The standard InChI is InChI=1S/C13H18ClNO3/c1-3-13(4-2,8-16)15-12(18)9-5-6-11(17)10(14)7-9/h5-7,16-17H,3-4,8H2,1-2H3,(H,15,18). The number of aliphatic hydroxyl groups is 1. The van der Waals surface area contributed by atoms with Crippen molar-refractivity contribution in [2.45, 2.75) is 32.2 Å². The molecule has 0 unspecified atom stereocenters. The SMILES string of the molecule is CCC(CC)(CO)NC(=O)c1ccc(O)c(Cl)c1. The van der Waals surface area contributed by atoms with E-state index in [0.717, 1.165) is 0 Å². The first-order valence-corrected chi connectivity index (χ1v) is 6.27. The van der Waals surface area contributed by atoms with E-state index in [1.165, 1.54) is 18.2 Å². The monoisotopic (exact) mass is 271 g/mol. The molecular weight excluding hydrogens is 254 g/mol. The maximum atomic E-state index is 12.0. The van der Waals surface area contributed by atoms with Gasteiger partial charge in [0.15, 0.2) is 0 Å². The summed E-state index contributed by atoms with van der Waals surface area (Å²) in [5.74, 6) is -0.373. The smallest absolute Gasteiger partial charge is 0.251 e. The number of benzene rings is 1. The lowest BCUT2D eigenvalue weighted by molar-refractivity contribution is 0.0818. The lowest BCUT2D eigenvalue weighted by atomic mass is 9.93. The fraction of sp³-hybridized carbons (Fsp3) is 0.462. The van der Waals surface area contributed by atoms with Gasteiger partial charge in [0.25, 0.3) is 5.91 Å². The molecule has 0 saturated carbocycles. The van der Waals surface area contributed by atoms with Gasteiger partial charge in [-0.15, -0.1) is 0 Å². The normalized spacial score (nSPS) is 11.3. The van der Waals surface area contributed by atoms with E-state index >= 15 is 0 Å². The second-order valence-corrected chi connectivity index (χ2v) is 4.67. The number of halogens is 1. The molecule has 0 aromatic heterocycles. The zero-order valence-corrected chi connectivity index (χ0v) is 11.3. The fourth-order valence-corrected chi connectivity index (χ4v) is 1.83. The number of amides is 1. The number of aromatic hydroxyl groups is 1. The van der Waals surface area contributed by atoms with E-state index in [0.29, 0.717) is 18.4 Å². The molecule has 5 heteroatoms. The van der Waals surface area contributed by atoms with Gasteiger partial charge in [-0.1, -0.05) is 25.4 Å². The molecule has 0 atom stereocenters.